The molecule has 0 unspecified atom stereocenters. The van der Waals surface area contributed by atoms with Gasteiger partial charge in [-0.2, -0.15) is 0 Å². The molecule has 2 amide bonds. The number of nitrogens with one attached hydrogen (secondary N) is 1. The molecule has 11 heteroatoms. The van der Waals surface area contributed by atoms with Crippen molar-refractivity contribution >= 4 is 23.6 Å². The lowest BCUT2D eigenvalue weighted by molar-refractivity contribution is -0.175. The highest BCUT2D eigenvalue weighted by Gasteiger charge is 2.62. The number of aliphatic carboxylic acids is 1. The van der Waals surface area contributed by atoms with Gasteiger partial charge in [0.25, 0.3) is 5.92 Å². The minimum atomic E-state index is -3.16. The number of amides is 2. The smallest absolute Gasteiger partial charge is 0.329 e. The third kappa shape index (κ3) is 6.44. The normalized spacial score (nSPS) is 17.9. The fourth-order valence-electron chi connectivity index (χ4n) is 5.13. The van der Waals surface area contributed by atoms with Crippen molar-refractivity contribution < 1.29 is 37.7 Å². The van der Waals surface area contributed by atoms with Crippen molar-refractivity contribution in [3.8, 4) is 11.5 Å². The van der Waals surface area contributed by atoms with E-state index >= 15 is 0 Å². The Hall–Kier alpha value is -3.11. The number of methoxy groups -OCH3 is 1. The number of ether oxygens (including phenoxy) is 3. The number of urea groups is 1. The Labute approximate surface area is 237 Å². The summed E-state index contributed by atoms with van der Waals surface area (Å²) in [5, 5.41) is 12.4. The van der Waals surface area contributed by atoms with Crippen LogP contribution in [0.5, 0.6) is 11.5 Å². The van der Waals surface area contributed by atoms with E-state index in [4.69, 9.17) is 25.8 Å². The van der Waals surface area contributed by atoms with Crippen molar-refractivity contribution in [1.29, 1.82) is 0 Å². The molecule has 218 valence electrons. The van der Waals surface area contributed by atoms with Gasteiger partial charge in [0.2, 0.25) is 0 Å². The lowest BCUT2D eigenvalue weighted by Gasteiger charge is -2.45. The fraction of sp³-hybridized carbons (Fsp3) is 0.517. The Morgan fingerprint density at radius 1 is 1.23 bits per heavy atom. The first-order chi connectivity index (χ1) is 19.0. The van der Waals surface area contributed by atoms with Crippen LogP contribution in [0, 0.1) is 0 Å². The molecule has 8 nitrogen and oxygen atoms in total. The summed E-state index contributed by atoms with van der Waals surface area (Å²) in [7, 11) is 1.55. The molecule has 0 aliphatic heterocycles. The molecule has 0 aromatic heterocycles. The third-order valence-corrected chi connectivity index (χ3v) is 7.78. The minimum Gasteiger partial charge on any atom is -0.496 e. The Balaban J connectivity index is 1.62. The van der Waals surface area contributed by atoms with E-state index in [-0.39, 0.29) is 19.1 Å². The van der Waals surface area contributed by atoms with Gasteiger partial charge in [0.05, 0.1) is 38.0 Å². The summed E-state index contributed by atoms with van der Waals surface area (Å²) in [6.45, 7) is 4.39. The monoisotopic (exact) mass is 580 g/mol. The van der Waals surface area contributed by atoms with Gasteiger partial charge in [0.1, 0.15) is 11.5 Å². The second kappa shape index (κ2) is 12.2. The van der Waals surface area contributed by atoms with Gasteiger partial charge in [0, 0.05) is 30.5 Å². The van der Waals surface area contributed by atoms with Gasteiger partial charge in [0.15, 0.2) is 5.54 Å². The van der Waals surface area contributed by atoms with Crippen molar-refractivity contribution in [3.05, 3.63) is 58.1 Å². The molecule has 2 aliphatic carbocycles. The van der Waals surface area contributed by atoms with E-state index in [1.54, 1.807) is 20.1 Å². The van der Waals surface area contributed by atoms with Crippen LogP contribution in [0.25, 0.3) is 0 Å². The molecule has 1 atom stereocenters. The highest BCUT2D eigenvalue weighted by atomic mass is 35.5. The van der Waals surface area contributed by atoms with Gasteiger partial charge in [-0.15, -0.1) is 0 Å². The van der Waals surface area contributed by atoms with E-state index in [0.29, 0.717) is 35.3 Å². The van der Waals surface area contributed by atoms with Gasteiger partial charge in [-0.25, -0.2) is 18.4 Å². The van der Waals surface area contributed by atoms with Gasteiger partial charge < -0.3 is 29.5 Å². The van der Waals surface area contributed by atoms with Crippen LogP contribution in [0.2, 0.25) is 5.02 Å². The van der Waals surface area contributed by atoms with Gasteiger partial charge in [-0.1, -0.05) is 41.9 Å². The number of benzene rings is 2. The largest absolute Gasteiger partial charge is 0.496 e. The van der Waals surface area contributed by atoms with E-state index in [1.807, 2.05) is 37.3 Å². The molecule has 40 heavy (non-hydrogen) atoms. The molecule has 0 radical (unpaired) electrons. The Bertz CT molecular complexity index is 1220. The number of nitrogens with zero attached hydrogens (tertiary/aromatic N) is 1. The molecule has 0 saturated heterocycles. The Morgan fingerprint density at radius 3 is 2.45 bits per heavy atom. The molecular formula is C29H35ClF2N2O6. The summed E-state index contributed by atoms with van der Waals surface area (Å²) in [5.74, 6) is -3.33. The summed E-state index contributed by atoms with van der Waals surface area (Å²) in [6.07, 6.45) is 0.00755. The first kappa shape index (κ1) is 29.9. The average Bonchev–Trinajstić information content (AvgIpc) is 3.74. The molecule has 0 bridgehead atoms. The van der Waals surface area contributed by atoms with Crippen LogP contribution in [0.3, 0.4) is 0 Å². The molecule has 2 aliphatic rings. The number of alkyl halides is 2. The van der Waals surface area contributed by atoms with Crippen LogP contribution in [0.15, 0.2) is 36.4 Å². The molecule has 4 rings (SSSR count). The molecule has 0 heterocycles. The number of carboxylic acid groups (broad SMARTS) is 1. The Kier molecular flexibility index (Phi) is 9.09. The zero-order chi connectivity index (χ0) is 29.1. The maximum atomic E-state index is 13.7. The van der Waals surface area contributed by atoms with Crippen molar-refractivity contribution in [1.82, 2.24) is 10.2 Å². The standard InChI is InChI=1S/C29H35ClF2N2O6/c1-4-40-25-23(20-10-11-20)22(38-3)14-21(24(25)30)18(2)34(12-13-39-15-19-8-6-5-7-9-19)27(37)33-28(26(35)36)16-29(31,32)17-28/h5-9,14,18,20H,4,10-13,15-17H2,1-3H3,(H,33,37)(H,35,36)/t18-/m1/s1. The van der Waals surface area contributed by atoms with Crippen molar-refractivity contribution in [3.63, 3.8) is 0 Å². The molecule has 2 aromatic carbocycles. The third-order valence-electron chi connectivity index (χ3n) is 7.39. The lowest BCUT2D eigenvalue weighted by Crippen LogP contribution is -2.68. The summed E-state index contributed by atoms with van der Waals surface area (Å²) < 4.78 is 44.9. The summed E-state index contributed by atoms with van der Waals surface area (Å²) in [5.41, 5.74) is 0.289. The van der Waals surface area contributed by atoms with Crippen molar-refractivity contribution in [2.24, 2.45) is 0 Å². The topological polar surface area (TPSA) is 97.3 Å². The minimum absolute atomic E-state index is 0.0406. The fourth-order valence-corrected chi connectivity index (χ4v) is 5.50. The van der Waals surface area contributed by atoms with Crippen LogP contribution in [0.4, 0.5) is 13.6 Å². The maximum Gasteiger partial charge on any atom is 0.329 e. The molecule has 2 aromatic rings. The number of halogens is 3. The van der Waals surface area contributed by atoms with Gasteiger partial charge in [-0.3, -0.25) is 0 Å². The zero-order valence-electron chi connectivity index (χ0n) is 22.8. The summed E-state index contributed by atoms with van der Waals surface area (Å²) in [6, 6.07) is 9.72. The second-order valence-electron chi connectivity index (χ2n) is 10.4. The average molecular weight is 581 g/mol. The van der Waals surface area contributed by atoms with Crippen LogP contribution in [0.1, 0.15) is 68.2 Å². The van der Waals surface area contributed by atoms with Gasteiger partial charge >= 0.3 is 12.0 Å². The molecule has 2 fully saturated rings. The maximum absolute atomic E-state index is 13.7. The van der Waals surface area contributed by atoms with E-state index in [0.717, 1.165) is 24.0 Å². The number of carboxylic acids is 1. The summed E-state index contributed by atoms with van der Waals surface area (Å²) >= 11 is 6.87. The number of carbonyl (C=O) groups excluding carboxylic acids is 1. The number of carbonyl (C=O) groups is 2. The first-order valence-corrected chi connectivity index (χ1v) is 13.7. The van der Waals surface area contributed by atoms with E-state index in [9.17, 15) is 23.5 Å². The van der Waals surface area contributed by atoms with E-state index < -0.39 is 42.3 Å². The summed E-state index contributed by atoms with van der Waals surface area (Å²) in [4.78, 5) is 26.8. The van der Waals surface area contributed by atoms with Crippen molar-refractivity contribution in [2.45, 2.75) is 69.6 Å². The van der Waals surface area contributed by atoms with E-state index in [1.165, 1.54) is 4.90 Å². The number of rotatable bonds is 13. The quantitative estimate of drug-likeness (QED) is 0.275. The van der Waals surface area contributed by atoms with Crippen LogP contribution in [-0.2, 0) is 16.1 Å². The zero-order valence-corrected chi connectivity index (χ0v) is 23.6. The highest BCUT2D eigenvalue weighted by molar-refractivity contribution is 6.33. The van der Waals surface area contributed by atoms with Crippen LogP contribution < -0.4 is 14.8 Å². The first-order valence-electron chi connectivity index (χ1n) is 13.4. The van der Waals surface area contributed by atoms with Crippen LogP contribution in [-0.4, -0.2) is 60.3 Å². The number of hydrogen-bond donors (Lipinski definition) is 2. The molecule has 0 spiro atoms. The predicted molar refractivity (Wildman–Crippen MR) is 145 cm³/mol. The Morgan fingerprint density at radius 2 is 1.90 bits per heavy atom. The lowest BCUT2D eigenvalue weighted by atomic mass is 9.73. The highest BCUT2D eigenvalue weighted by Crippen LogP contribution is 2.53. The molecular weight excluding hydrogens is 546 g/mol. The van der Waals surface area contributed by atoms with Crippen molar-refractivity contribution in [2.75, 3.05) is 26.9 Å². The second-order valence-corrected chi connectivity index (χ2v) is 10.7. The SMILES string of the molecule is CCOc1c(Cl)c([C@@H](C)N(CCOCc2ccccc2)C(=O)NC2(C(=O)O)CC(F)(F)C2)cc(OC)c1C1CC1. The van der Waals surface area contributed by atoms with Gasteiger partial charge in [-0.05, 0) is 44.2 Å². The van der Waals surface area contributed by atoms with Crippen LogP contribution >= 0.6 is 11.6 Å². The molecule has 2 N–H and O–H groups in total. The predicted octanol–water partition coefficient (Wildman–Crippen LogP) is 6.17. The number of hydrogen-bond acceptors (Lipinski definition) is 5. The van der Waals surface area contributed by atoms with E-state index in [2.05, 4.69) is 5.32 Å². The molecule has 2 saturated carbocycles.